The zero-order chi connectivity index (χ0) is 17.1. The largest absolute Gasteiger partial charge is 0.480 e. The first-order chi connectivity index (χ1) is 11.6. The number of hydrogen-bond donors (Lipinski definition) is 2. The Labute approximate surface area is 139 Å². The first-order valence-corrected chi connectivity index (χ1v) is 7.79. The first-order valence-electron chi connectivity index (χ1n) is 7.79. The average Bonchev–Trinajstić information content (AvgIpc) is 2.62. The van der Waals surface area contributed by atoms with Crippen LogP contribution in [-0.4, -0.2) is 44.7 Å². The lowest BCUT2D eigenvalue weighted by Crippen LogP contribution is -2.49. The maximum absolute atomic E-state index is 11.4. The summed E-state index contributed by atoms with van der Waals surface area (Å²) in [6.07, 6.45) is 3.27. The predicted octanol–water partition coefficient (Wildman–Crippen LogP) is 3.06. The van der Waals surface area contributed by atoms with Crippen molar-refractivity contribution in [3.05, 3.63) is 54.4 Å². The SMILES string of the molecule is O=C(O)[C@H]1C[C@@H](c2ccc(-c3cccnc3)cc2)CCN1C(=O)O. The number of rotatable bonds is 3. The molecule has 2 aromatic rings. The molecule has 3 rings (SSSR count). The van der Waals surface area contributed by atoms with Crippen LogP contribution in [0.15, 0.2) is 48.8 Å². The van der Waals surface area contributed by atoms with Gasteiger partial charge in [-0.15, -0.1) is 0 Å². The number of benzene rings is 1. The van der Waals surface area contributed by atoms with Crippen molar-refractivity contribution >= 4 is 12.1 Å². The molecule has 1 fully saturated rings. The van der Waals surface area contributed by atoms with Crippen LogP contribution in [0.5, 0.6) is 0 Å². The summed E-state index contributed by atoms with van der Waals surface area (Å²) in [5.41, 5.74) is 3.11. The van der Waals surface area contributed by atoms with Gasteiger partial charge in [0, 0.05) is 18.9 Å². The standard InChI is InChI=1S/C18H18N2O4/c21-17(22)16-10-14(7-9-20(16)18(23)24)12-3-5-13(6-4-12)15-2-1-8-19-11-15/h1-6,8,11,14,16H,7,9-10H2,(H,21,22)(H,23,24)/t14-,16+/m0/s1. The van der Waals surface area contributed by atoms with E-state index in [0.29, 0.717) is 12.8 Å². The Balaban J connectivity index is 1.77. The minimum absolute atomic E-state index is 0.0460. The molecule has 0 saturated carbocycles. The molecule has 1 amide bonds. The summed E-state index contributed by atoms with van der Waals surface area (Å²) in [4.78, 5) is 27.7. The van der Waals surface area contributed by atoms with Crippen molar-refractivity contribution in [2.45, 2.75) is 24.8 Å². The number of carboxylic acids is 1. The van der Waals surface area contributed by atoms with Crippen molar-refractivity contribution in [3.8, 4) is 11.1 Å². The van der Waals surface area contributed by atoms with E-state index >= 15 is 0 Å². The van der Waals surface area contributed by atoms with Gasteiger partial charge in [0.2, 0.25) is 0 Å². The lowest BCUT2D eigenvalue weighted by atomic mass is 9.85. The summed E-state index contributed by atoms with van der Waals surface area (Å²) < 4.78 is 0. The van der Waals surface area contributed by atoms with Crippen LogP contribution in [0.1, 0.15) is 24.3 Å². The quantitative estimate of drug-likeness (QED) is 0.904. The maximum atomic E-state index is 11.4. The Bertz CT molecular complexity index is 730. The van der Waals surface area contributed by atoms with E-state index in [9.17, 15) is 14.7 Å². The highest BCUT2D eigenvalue weighted by atomic mass is 16.4. The van der Waals surface area contributed by atoms with Crippen LogP contribution in [0.2, 0.25) is 0 Å². The van der Waals surface area contributed by atoms with E-state index in [2.05, 4.69) is 4.98 Å². The molecule has 6 nitrogen and oxygen atoms in total. The Morgan fingerprint density at radius 3 is 2.42 bits per heavy atom. The number of likely N-dealkylation sites (tertiary alicyclic amines) is 1. The van der Waals surface area contributed by atoms with Gasteiger partial charge in [0.25, 0.3) is 0 Å². The molecule has 1 aliphatic heterocycles. The second kappa shape index (κ2) is 6.70. The minimum Gasteiger partial charge on any atom is -0.480 e. The number of nitrogens with zero attached hydrogens (tertiary/aromatic N) is 2. The molecule has 24 heavy (non-hydrogen) atoms. The van der Waals surface area contributed by atoms with Crippen LogP contribution in [-0.2, 0) is 4.79 Å². The lowest BCUT2D eigenvalue weighted by Gasteiger charge is -2.35. The molecule has 2 atom stereocenters. The van der Waals surface area contributed by atoms with E-state index in [1.165, 1.54) is 0 Å². The van der Waals surface area contributed by atoms with Crippen LogP contribution >= 0.6 is 0 Å². The fourth-order valence-electron chi connectivity index (χ4n) is 3.21. The molecule has 0 radical (unpaired) electrons. The van der Waals surface area contributed by atoms with Gasteiger partial charge in [0.05, 0.1) is 0 Å². The molecular formula is C18H18N2O4. The number of amides is 1. The van der Waals surface area contributed by atoms with Crippen molar-refractivity contribution in [2.24, 2.45) is 0 Å². The third kappa shape index (κ3) is 3.22. The number of carboxylic acid groups (broad SMARTS) is 2. The Hall–Kier alpha value is -2.89. The summed E-state index contributed by atoms with van der Waals surface area (Å²) >= 11 is 0. The first kappa shape index (κ1) is 16.0. The number of pyridine rings is 1. The molecule has 6 heteroatoms. The van der Waals surface area contributed by atoms with E-state index in [1.54, 1.807) is 12.4 Å². The number of aromatic nitrogens is 1. The smallest absolute Gasteiger partial charge is 0.408 e. The topological polar surface area (TPSA) is 90.7 Å². The fourth-order valence-corrected chi connectivity index (χ4v) is 3.21. The lowest BCUT2D eigenvalue weighted by molar-refractivity contribution is -0.144. The van der Waals surface area contributed by atoms with Crippen LogP contribution in [0, 0.1) is 0 Å². The summed E-state index contributed by atoms with van der Waals surface area (Å²) in [5.74, 6) is -1.04. The van der Waals surface area contributed by atoms with Gasteiger partial charge >= 0.3 is 12.1 Å². The third-order valence-corrected chi connectivity index (χ3v) is 4.51. The molecule has 1 aromatic carbocycles. The van der Waals surface area contributed by atoms with Crippen molar-refractivity contribution < 1.29 is 19.8 Å². The molecule has 124 valence electrons. The molecule has 0 aliphatic carbocycles. The summed E-state index contributed by atoms with van der Waals surface area (Å²) in [6.45, 7) is 0.237. The Morgan fingerprint density at radius 2 is 1.83 bits per heavy atom. The van der Waals surface area contributed by atoms with Crippen molar-refractivity contribution in [1.29, 1.82) is 0 Å². The van der Waals surface area contributed by atoms with Gasteiger partial charge in [-0.3, -0.25) is 9.88 Å². The van der Waals surface area contributed by atoms with Crippen molar-refractivity contribution in [3.63, 3.8) is 0 Å². The third-order valence-electron chi connectivity index (χ3n) is 4.51. The molecule has 0 unspecified atom stereocenters. The van der Waals surface area contributed by atoms with Crippen molar-refractivity contribution in [2.75, 3.05) is 6.54 Å². The highest BCUT2D eigenvalue weighted by Gasteiger charge is 2.36. The van der Waals surface area contributed by atoms with Gasteiger partial charge in [0.15, 0.2) is 0 Å². The van der Waals surface area contributed by atoms with E-state index in [1.807, 2.05) is 36.4 Å². The summed E-state index contributed by atoms with van der Waals surface area (Å²) in [7, 11) is 0. The predicted molar refractivity (Wildman–Crippen MR) is 87.8 cm³/mol. The number of aliphatic carboxylic acids is 1. The van der Waals surface area contributed by atoms with Gasteiger partial charge in [-0.25, -0.2) is 9.59 Å². The molecule has 1 saturated heterocycles. The Morgan fingerprint density at radius 1 is 1.08 bits per heavy atom. The summed E-state index contributed by atoms with van der Waals surface area (Å²) in [6, 6.07) is 10.8. The molecular weight excluding hydrogens is 308 g/mol. The number of hydrogen-bond acceptors (Lipinski definition) is 3. The maximum Gasteiger partial charge on any atom is 0.408 e. The van der Waals surface area contributed by atoms with Gasteiger partial charge < -0.3 is 10.2 Å². The highest BCUT2D eigenvalue weighted by molar-refractivity contribution is 5.79. The van der Waals surface area contributed by atoms with Gasteiger partial charge in [-0.2, -0.15) is 0 Å². The normalized spacial score (nSPS) is 20.6. The average molecular weight is 326 g/mol. The number of piperidine rings is 1. The van der Waals surface area contributed by atoms with Crippen LogP contribution in [0.3, 0.4) is 0 Å². The summed E-state index contributed by atoms with van der Waals surface area (Å²) in [5, 5.41) is 18.4. The molecule has 1 aromatic heterocycles. The monoisotopic (exact) mass is 326 g/mol. The second-order valence-corrected chi connectivity index (χ2v) is 5.92. The van der Waals surface area contributed by atoms with Gasteiger partial charge in [-0.1, -0.05) is 30.3 Å². The molecule has 2 N–H and O–H groups in total. The zero-order valence-electron chi connectivity index (χ0n) is 13.0. The molecule has 0 bridgehead atoms. The van der Waals surface area contributed by atoms with Crippen LogP contribution in [0.25, 0.3) is 11.1 Å². The van der Waals surface area contributed by atoms with E-state index < -0.39 is 18.1 Å². The van der Waals surface area contributed by atoms with E-state index in [4.69, 9.17) is 5.11 Å². The van der Waals surface area contributed by atoms with Crippen molar-refractivity contribution in [1.82, 2.24) is 9.88 Å². The van der Waals surface area contributed by atoms with Crippen LogP contribution in [0.4, 0.5) is 4.79 Å². The fraction of sp³-hybridized carbons (Fsp3) is 0.278. The molecule has 0 spiro atoms. The Kier molecular flexibility index (Phi) is 4.46. The van der Waals surface area contributed by atoms with E-state index in [0.717, 1.165) is 21.6 Å². The highest BCUT2D eigenvalue weighted by Crippen LogP contribution is 2.33. The number of carbonyl (C=O) groups is 2. The zero-order valence-corrected chi connectivity index (χ0v) is 13.0. The second-order valence-electron chi connectivity index (χ2n) is 5.92. The minimum atomic E-state index is -1.17. The van der Waals surface area contributed by atoms with E-state index in [-0.39, 0.29) is 12.5 Å². The van der Waals surface area contributed by atoms with Gasteiger partial charge in [0.1, 0.15) is 6.04 Å². The molecule has 2 heterocycles. The van der Waals surface area contributed by atoms with Crippen LogP contribution < -0.4 is 0 Å². The van der Waals surface area contributed by atoms with Gasteiger partial charge in [-0.05, 0) is 41.5 Å². The molecule has 1 aliphatic rings.